The Morgan fingerprint density at radius 3 is 2.69 bits per heavy atom. The molecule has 0 N–H and O–H groups in total. The zero-order valence-electron chi connectivity index (χ0n) is 14.7. The van der Waals surface area contributed by atoms with Gasteiger partial charge in [-0.05, 0) is 25.0 Å². The van der Waals surface area contributed by atoms with Gasteiger partial charge >= 0.3 is 0 Å². The zero-order valence-corrected chi connectivity index (χ0v) is 14.7. The fourth-order valence-corrected chi connectivity index (χ4v) is 3.69. The van der Waals surface area contributed by atoms with Crippen molar-refractivity contribution in [3.05, 3.63) is 47.9 Å². The van der Waals surface area contributed by atoms with E-state index in [0.717, 1.165) is 24.3 Å². The number of carbonyl (C=O) groups excluding carboxylic acids is 2. The van der Waals surface area contributed by atoms with Crippen molar-refractivity contribution in [2.75, 3.05) is 36.0 Å². The number of carbonyl (C=O) groups is 2. The van der Waals surface area contributed by atoms with Gasteiger partial charge in [0, 0.05) is 44.0 Å². The van der Waals surface area contributed by atoms with Gasteiger partial charge < -0.3 is 14.7 Å². The summed E-state index contributed by atoms with van der Waals surface area (Å²) in [5, 5.41) is 0. The molecular weight excluding hydrogens is 330 g/mol. The molecule has 2 aliphatic rings. The molecule has 3 heterocycles. The maximum atomic E-state index is 13.1. The van der Waals surface area contributed by atoms with Crippen LogP contribution in [0, 0.1) is 0 Å². The number of amides is 2. The maximum Gasteiger partial charge on any atom is 0.277 e. The van der Waals surface area contributed by atoms with Gasteiger partial charge in [0.05, 0.1) is 0 Å². The molecule has 2 aromatic rings. The van der Waals surface area contributed by atoms with Crippen molar-refractivity contribution in [2.45, 2.75) is 19.4 Å². The van der Waals surface area contributed by atoms with E-state index >= 15 is 0 Å². The molecule has 1 unspecified atom stereocenters. The SMILES string of the molecule is CC1Cc2ccccc2N1C(=O)c1cc(N2CCN(C=O)CC2)ncn1. The molecule has 2 aliphatic heterocycles. The van der Waals surface area contributed by atoms with E-state index in [2.05, 4.69) is 27.9 Å². The largest absolute Gasteiger partial charge is 0.353 e. The van der Waals surface area contributed by atoms with Crippen LogP contribution in [-0.2, 0) is 11.2 Å². The topological polar surface area (TPSA) is 69.6 Å². The van der Waals surface area contributed by atoms with Gasteiger partial charge in [-0.2, -0.15) is 0 Å². The summed E-state index contributed by atoms with van der Waals surface area (Å²) in [4.78, 5) is 38.2. The number of benzene rings is 1. The lowest BCUT2D eigenvalue weighted by Gasteiger charge is -2.33. The standard InChI is InChI=1S/C19H21N5O2/c1-14-10-15-4-2-3-5-17(15)24(14)19(26)16-11-18(21-12-20-16)23-8-6-22(13-25)7-9-23/h2-5,11-14H,6-10H2,1H3. The second-order valence-corrected chi connectivity index (χ2v) is 6.75. The van der Waals surface area contributed by atoms with Gasteiger partial charge in [0.1, 0.15) is 17.8 Å². The van der Waals surface area contributed by atoms with Gasteiger partial charge in [-0.15, -0.1) is 0 Å². The maximum absolute atomic E-state index is 13.1. The molecule has 7 nitrogen and oxygen atoms in total. The van der Waals surface area contributed by atoms with Crippen molar-refractivity contribution in [3.63, 3.8) is 0 Å². The number of aromatic nitrogens is 2. The van der Waals surface area contributed by atoms with E-state index in [1.165, 1.54) is 11.9 Å². The van der Waals surface area contributed by atoms with Crippen molar-refractivity contribution < 1.29 is 9.59 Å². The number of anilines is 2. The molecule has 1 aromatic heterocycles. The highest BCUT2D eigenvalue weighted by molar-refractivity contribution is 6.06. The molecular formula is C19H21N5O2. The Kier molecular flexibility index (Phi) is 4.28. The van der Waals surface area contributed by atoms with Crippen LogP contribution in [0.1, 0.15) is 23.0 Å². The first-order valence-electron chi connectivity index (χ1n) is 8.85. The third-order valence-electron chi connectivity index (χ3n) is 5.09. The van der Waals surface area contributed by atoms with Crippen molar-refractivity contribution in [2.24, 2.45) is 0 Å². The van der Waals surface area contributed by atoms with Crippen LogP contribution in [0.15, 0.2) is 36.7 Å². The van der Waals surface area contributed by atoms with Crippen molar-refractivity contribution in [1.82, 2.24) is 14.9 Å². The van der Waals surface area contributed by atoms with Gasteiger partial charge in [0.25, 0.3) is 5.91 Å². The average molecular weight is 351 g/mol. The van der Waals surface area contributed by atoms with Crippen molar-refractivity contribution >= 4 is 23.8 Å². The van der Waals surface area contributed by atoms with E-state index in [1.807, 2.05) is 23.1 Å². The highest BCUT2D eigenvalue weighted by atomic mass is 16.2. The monoisotopic (exact) mass is 351 g/mol. The fourth-order valence-electron chi connectivity index (χ4n) is 3.69. The molecule has 1 atom stereocenters. The Hall–Kier alpha value is -2.96. The minimum absolute atomic E-state index is 0.0994. The van der Waals surface area contributed by atoms with Crippen LogP contribution in [0.4, 0.5) is 11.5 Å². The van der Waals surface area contributed by atoms with Crippen molar-refractivity contribution in [3.8, 4) is 0 Å². The fraction of sp³-hybridized carbons (Fsp3) is 0.368. The summed E-state index contributed by atoms with van der Waals surface area (Å²) in [6.07, 6.45) is 3.17. The van der Waals surface area contributed by atoms with E-state index in [-0.39, 0.29) is 11.9 Å². The summed E-state index contributed by atoms with van der Waals surface area (Å²) in [5.74, 6) is 0.631. The molecule has 1 saturated heterocycles. The van der Waals surface area contributed by atoms with Gasteiger partial charge in [-0.3, -0.25) is 9.59 Å². The summed E-state index contributed by atoms with van der Waals surface area (Å²) in [6, 6.07) is 9.87. The van der Waals surface area contributed by atoms with E-state index in [4.69, 9.17) is 0 Å². The minimum atomic E-state index is -0.0994. The van der Waals surface area contributed by atoms with Crippen LogP contribution in [0.3, 0.4) is 0 Å². The second kappa shape index (κ2) is 6.74. The molecule has 0 bridgehead atoms. The Morgan fingerprint density at radius 1 is 1.15 bits per heavy atom. The molecule has 1 aromatic carbocycles. The first kappa shape index (κ1) is 16.5. The number of fused-ring (bicyclic) bond motifs is 1. The van der Waals surface area contributed by atoms with Crippen molar-refractivity contribution in [1.29, 1.82) is 0 Å². The Morgan fingerprint density at radius 2 is 1.92 bits per heavy atom. The first-order chi connectivity index (χ1) is 12.7. The smallest absolute Gasteiger partial charge is 0.277 e. The predicted molar refractivity (Wildman–Crippen MR) is 98.3 cm³/mol. The van der Waals surface area contributed by atoms with E-state index in [0.29, 0.717) is 31.9 Å². The number of hydrogen-bond donors (Lipinski definition) is 0. The average Bonchev–Trinajstić information content (AvgIpc) is 3.03. The molecule has 1 fully saturated rings. The highest BCUT2D eigenvalue weighted by Crippen LogP contribution is 2.33. The van der Waals surface area contributed by atoms with Gasteiger partial charge in [-0.1, -0.05) is 18.2 Å². The number of nitrogens with zero attached hydrogens (tertiary/aromatic N) is 5. The lowest BCUT2D eigenvalue weighted by atomic mass is 10.1. The van der Waals surface area contributed by atoms with Crippen LogP contribution in [0.5, 0.6) is 0 Å². The summed E-state index contributed by atoms with van der Waals surface area (Å²) >= 11 is 0. The highest BCUT2D eigenvalue weighted by Gasteiger charge is 2.32. The Balaban J connectivity index is 1.57. The molecule has 7 heteroatoms. The second-order valence-electron chi connectivity index (χ2n) is 6.75. The molecule has 0 saturated carbocycles. The third-order valence-corrected chi connectivity index (χ3v) is 5.09. The Labute approximate surface area is 152 Å². The number of rotatable bonds is 3. The molecule has 2 amide bonds. The number of para-hydroxylation sites is 1. The first-order valence-corrected chi connectivity index (χ1v) is 8.85. The summed E-state index contributed by atoms with van der Waals surface area (Å²) in [6.45, 7) is 4.78. The third kappa shape index (κ3) is 2.89. The molecule has 26 heavy (non-hydrogen) atoms. The number of hydrogen-bond acceptors (Lipinski definition) is 5. The molecule has 0 radical (unpaired) electrons. The normalized spacial score (nSPS) is 19.4. The number of piperazine rings is 1. The van der Waals surface area contributed by atoms with E-state index in [9.17, 15) is 9.59 Å². The van der Waals surface area contributed by atoms with Crippen LogP contribution in [0.2, 0.25) is 0 Å². The lowest BCUT2D eigenvalue weighted by Crippen LogP contribution is -2.46. The molecule has 0 spiro atoms. The molecule has 134 valence electrons. The molecule has 4 rings (SSSR count). The summed E-state index contributed by atoms with van der Waals surface area (Å²) in [7, 11) is 0. The van der Waals surface area contributed by atoms with E-state index in [1.54, 1.807) is 11.0 Å². The summed E-state index contributed by atoms with van der Waals surface area (Å²) in [5.41, 5.74) is 2.55. The minimum Gasteiger partial charge on any atom is -0.353 e. The van der Waals surface area contributed by atoms with Gasteiger partial charge in [-0.25, -0.2) is 9.97 Å². The summed E-state index contributed by atoms with van der Waals surface area (Å²) < 4.78 is 0. The van der Waals surface area contributed by atoms with Crippen LogP contribution in [-0.4, -0.2) is 59.4 Å². The van der Waals surface area contributed by atoms with Crippen LogP contribution in [0.25, 0.3) is 0 Å². The zero-order chi connectivity index (χ0) is 18.1. The van der Waals surface area contributed by atoms with Crippen LogP contribution >= 0.6 is 0 Å². The van der Waals surface area contributed by atoms with Gasteiger partial charge in [0.2, 0.25) is 6.41 Å². The van der Waals surface area contributed by atoms with Gasteiger partial charge in [0.15, 0.2) is 0 Å². The lowest BCUT2D eigenvalue weighted by molar-refractivity contribution is -0.118. The quantitative estimate of drug-likeness (QED) is 0.781. The van der Waals surface area contributed by atoms with E-state index < -0.39 is 0 Å². The van der Waals surface area contributed by atoms with Crippen LogP contribution < -0.4 is 9.80 Å². The molecule has 0 aliphatic carbocycles. The predicted octanol–water partition coefficient (Wildman–Crippen LogP) is 1.35. The Bertz CT molecular complexity index is 832.